The largest absolute Gasteiger partial charge is 0.462 e. The molecule has 0 aromatic carbocycles. The molecule has 4 heteroatoms. The van der Waals surface area contributed by atoms with Crippen LogP contribution in [0.25, 0.3) is 0 Å². The van der Waals surface area contributed by atoms with Crippen LogP contribution in [-0.4, -0.2) is 24.3 Å². The normalized spacial score (nSPS) is 8.67. The van der Waals surface area contributed by atoms with Crippen molar-refractivity contribution in [3.63, 3.8) is 0 Å². The molecule has 0 aliphatic carbocycles. The summed E-state index contributed by atoms with van der Waals surface area (Å²) < 4.78 is 4.65. The number of aliphatic hydroxyl groups is 1. The number of nitrogens with zero attached hydrogens (tertiary/aromatic N) is 1. The number of ether oxygens (including phenoxy) is 1. The van der Waals surface area contributed by atoms with E-state index in [4.69, 9.17) is 10.4 Å². The van der Waals surface area contributed by atoms with E-state index in [1.54, 1.807) is 6.07 Å². The molecule has 0 atom stereocenters. The summed E-state index contributed by atoms with van der Waals surface area (Å²) in [5.41, 5.74) is 0.149. The van der Waals surface area contributed by atoms with Crippen LogP contribution >= 0.6 is 0 Å². The summed E-state index contributed by atoms with van der Waals surface area (Å²) in [7, 11) is 0. The number of carbonyl (C=O) groups is 1. The van der Waals surface area contributed by atoms with Crippen LogP contribution in [-0.2, 0) is 9.53 Å². The number of rotatable bonds is 5. The predicted octanol–water partition coefficient (Wildman–Crippen LogP) is 0.382. The molecule has 66 valence electrons. The van der Waals surface area contributed by atoms with Gasteiger partial charge >= 0.3 is 5.97 Å². The van der Waals surface area contributed by atoms with E-state index < -0.39 is 5.97 Å². The first kappa shape index (κ1) is 10.7. The highest BCUT2D eigenvalue weighted by Gasteiger charge is 2.06. The van der Waals surface area contributed by atoms with Gasteiger partial charge in [-0.1, -0.05) is 6.58 Å². The Morgan fingerprint density at radius 3 is 2.83 bits per heavy atom. The maximum absolute atomic E-state index is 10.9. The SMILES string of the molecule is C=C(CC#N)C(=O)OCCCO. The summed E-state index contributed by atoms with van der Waals surface area (Å²) in [6, 6.07) is 1.79. The minimum atomic E-state index is -0.565. The quantitative estimate of drug-likeness (QED) is 0.367. The molecule has 0 aliphatic rings. The van der Waals surface area contributed by atoms with Crippen molar-refractivity contribution in [2.24, 2.45) is 0 Å². The molecule has 0 unspecified atom stereocenters. The number of hydrogen-bond acceptors (Lipinski definition) is 4. The minimum Gasteiger partial charge on any atom is -0.462 e. The van der Waals surface area contributed by atoms with Crippen molar-refractivity contribution in [2.75, 3.05) is 13.2 Å². The molecule has 0 aliphatic heterocycles. The Hall–Kier alpha value is -1.34. The lowest BCUT2D eigenvalue weighted by Gasteiger charge is -2.02. The smallest absolute Gasteiger partial charge is 0.334 e. The van der Waals surface area contributed by atoms with Crippen molar-refractivity contribution >= 4 is 5.97 Å². The standard InChI is InChI=1S/C8H11NO3/c1-7(3-4-9)8(11)12-6-2-5-10/h10H,1-3,5-6H2. The second kappa shape index (κ2) is 6.38. The fraction of sp³-hybridized carbons (Fsp3) is 0.500. The van der Waals surface area contributed by atoms with E-state index >= 15 is 0 Å². The molecule has 0 radical (unpaired) electrons. The first-order valence-electron chi connectivity index (χ1n) is 3.55. The average molecular weight is 169 g/mol. The van der Waals surface area contributed by atoms with Crippen LogP contribution in [0.2, 0.25) is 0 Å². The summed E-state index contributed by atoms with van der Waals surface area (Å²) in [5, 5.41) is 16.6. The Morgan fingerprint density at radius 1 is 1.67 bits per heavy atom. The molecule has 0 aromatic rings. The van der Waals surface area contributed by atoms with Gasteiger partial charge in [0.15, 0.2) is 0 Å². The first-order valence-corrected chi connectivity index (χ1v) is 3.55. The van der Waals surface area contributed by atoms with E-state index in [-0.39, 0.29) is 25.2 Å². The molecule has 0 heterocycles. The molecular weight excluding hydrogens is 158 g/mol. The summed E-state index contributed by atoms with van der Waals surface area (Å²) in [5.74, 6) is -0.565. The van der Waals surface area contributed by atoms with E-state index in [0.29, 0.717) is 6.42 Å². The van der Waals surface area contributed by atoms with Crippen molar-refractivity contribution in [1.82, 2.24) is 0 Å². The molecule has 12 heavy (non-hydrogen) atoms. The molecule has 0 fully saturated rings. The number of aliphatic hydroxyl groups excluding tert-OH is 1. The fourth-order valence-electron chi connectivity index (χ4n) is 0.499. The second-order valence-electron chi connectivity index (χ2n) is 2.15. The Morgan fingerprint density at radius 2 is 2.33 bits per heavy atom. The van der Waals surface area contributed by atoms with Gasteiger partial charge in [-0.3, -0.25) is 0 Å². The van der Waals surface area contributed by atoms with Gasteiger partial charge in [0.25, 0.3) is 0 Å². The van der Waals surface area contributed by atoms with Crippen molar-refractivity contribution < 1.29 is 14.6 Å². The summed E-state index contributed by atoms with van der Waals surface area (Å²) in [6.07, 6.45) is 0.392. The van der Waals surface area contributed by atoms with Crippen LogP contribution in [0.3, 0.4) is 0 Å². The van der Waals surface area contributed by atoms with Gasteiger partial charge in [-0.2, -0.15) is 5.26 Å². The monoisotopic (exact) mass is 169 g/mol. The van der Waals surface area contributed by atoms with Crippen LogP contribution < -0.4 is 0 Å². The zero-order chi connectivity index (χ0) is 9.40. The molecule has 0 amide bonds. The molecule has 4 nitrogen and oxygen atoms in total. The molecule has 0 saturated heterocycles. The van der Waals surface area contributed by atoms with Crippen LogP contribution in [0.4, 0.5) is 0 Å². The third-order valence-electron chi connectivity index (χ3n) is 1.12. The molecule has 0 aromatic heterocycles. The highest BCUT2D eigenvalue weighted by atomic mass is 16.5. The van der Waals surface area contributed by atoms with Gasteiger partial charge in [0.2, 0.25) is 0 Å². The Balaban J connectivity index is 3.59. The number of hydrogen-bond donors (Lipinski definition) is 1. The van der Waals surface area contributed by atoms with Crippen molar-refractivity contribution in [2.45, 2.75) is 12.8 Å². The van der Waals surface area contributed by atoms with E-state index in [0.717, 1.165) is 0 Å². The predicted molar refractivity (Wildman–Crippen MR) is 42.0 cm³/mol. The maximum Gasteiger partial charge on any atom is 0.334 e. The molecule has 1 N–H and O–H groups in total. The molecule has 0 bridgehead atoms. The highest BCUT2D eigenvalue weighted by molar-refractivity contribution is 5.88. The molecule has 0 spiro atoms. The number of esters is 1. The first-order chi connectivity index (χ1) is 5.72. The molecular formula is C8H11NO3. The van der Waals surface area contributed by atoms with Gasteiger partial charge in [-0.15, -0.1) is 0 Å². The van der Waals surface area contributed by atoms with Crippen LogP contribution in [0.1, 0.15) is 12.8 Å². The second-order valence-corrected chi connectivity index (χ2v) is 2.15. The minimum absolute atomic E-state index is 0.0159. The number of carbonyl (C=O) groups excluding carboxylic acids is 1. The average Bonchev–Trinajstić information content (AvgIpc) is 2.05. The lowest BCUT2D eigenvalue weighted by molar-refractivity contribution is -0.139. The topological polar surface area (TPSA) is 70.3 Å². The molecule has 0 saturated carbocycles. The van der Waals surface area contributed by atoms with E-state index in [1.807, 2.05) is 0 Å². The van der Waals surface area contributed by atoms with Gasteiger partial charge in [0.05, 0.1) is 19.1 Å². The Kier molecular flexibility index (Phi) is 5.66. The van der Waals surface area contributed by atoms with Crippen LogP contribution in [0.5, 0.6) is 0 Å². The summed E-state index contributed by atoms with van der Waals surface area (Å²) in [6.45, 7) is 3.51. The summed E-state index contributed by atoms with van der Waals surface area (Å²) >= 11 is 0. The van der Waals surface area contributed by atoms with Crippen molar-refractivity contribution in [3.8, 4) is 6.07 Å². The lowest BCUT2D eigenvalue weighted by atomic mass is 10.2. The Bertz CT molecular complexity index is 205. The van der Waals surface area contributed by atoms with Gasteiger partial charge in [-0.05, 0) is 0 Å². The zero-order valence-corrected chi connectivity index (χ0v) is 6.75. The third kappa shape index (κ3) is 4.47. The lowest BCUT2D eigenvalue weighted by Crippen LogP contribution is -2.08. The fourth-order valence-corrected chi connectivity index (χ4v) is 0.499. The van der Waals surface area contributed by atoms with Crippen molar-refractivity contribution in [3.05, 3.63) is 12.2 Å². The van der Waals surface area contributed by atoms with E-state index in [1.165, 1.54) is 0 Å². The number of nitriles is 1. The third-order valence-corrected chi connectivity index (χ3v) is 1.12. The van der Waals surface area contributed by atoms with Crippen LogP contribution in [0.15, 0.2) is 12.2 Å². The maximum atomic E-state index is 10.9. The van der Waals surface area contributed by atoms with Crippen LogP contribution in [0, 0.1) is 11.3 Å². The highest BCUT2D eigenvalue weighted by Crippen LogP contribution is 1.99. The van der Waals surface area contributed by atoms with E-state index in [2.05, 4.69) is 11.3 Å². The van der Waals surface area contributed by atoms with E-state index in [9.17, 15) is 4.79 Å². The Labute approximate surface area is 71.1 Å². The summed E-state index contributed by atoms with van der Waals surface area (Å²) in [4.78, 5) is 10.9. The van der Waals surface area contributed by atoms with Gasteiger partial charge < -0.3 is 9.84 Å². The van der Waals surface area contributed by atoms with Crippen molar-refractivity contribution in [1.29, 1.82) is 5.26 Å². The van der Waals surface area contributed by atoms with Gasteiger partial charge in [0, 0.05) is 18.6 Å². The van der Waals surface area contributed by atoms with Gasteiger partial charge in [0.1, 0.15) is 0 Å². The zero-order valence-electron chi connectivity index (χ0n) is 6.75. The van der Waals surface area contributed by atoms with Gasteiger partial charge in [-0.25, -0.2) is 4.79 Å². The molecule has 0 rings (SSSR count).